The van der Waals surface area contributed by atoms with Gasteiger partial charge in [0, 0.05) is 26.1 Å². The van der Waals surface area contributed by atoms with Gasteiger partial charge in [-0.05, 0) is 32.6 Å². The van der Waals surface area contributed by atoms with Crippen molar-refractivity contribution in [3.8, 4) is 0 Å². The number of nitrogens with one attached hydrogen (secondary N) is 1. The highest BCUT2D eigenvalue weighted by Gasteiger charge is 2.20. The number of amides is 1. The number of fused-ring (bicyclic) bond motifs is 1. The molecule has 1 amide bonds. The van der Waals surface area contributed by atoms with Gasteiger partial charge in [-0.3, -0.25) is 4.79 Å². The zero-order valence-electron chi connectivity index (χ0n) is 11.1. The van der Waals surface area contributed by atoms with Gasteiger partial charge in [0.25, 0.3) is 0 Å². The topological polar surface area (TPSA) is 35.6 Å². The largest absolute Gasteiger partial charge is 0.383 e. The third-order valence-electron chi connectivity index (χ3n) is 3.14. The minimum atomic E-state index is 0.208. The maximum absolute atomic E-state index is 12.3. The van der Waals surface area contributed by atoms with Crippen LogP contribution in [0.4, 0.5) is 11.4 Å². The number of hydrogen-bond acceptors (Lipinski definition) is 3. The minimum Gasteiger partial charge on any atom is -0.383 e. The summed E-state index contributed by atoms with van der Waals surface area (Å²) in [5.41, 5.74) is 2.08. The van der Waals surface area contributed by atoms with Crippen molar-refractivity contribution in [1.82, 2.24) is 4.90 Å². The second-order valence-electron chi connectivity index (χ2n) is 4.90. The number of carbonyl (C=O) groups is 1. The number of anilines is 2. The molecule has 1 N–H and O–H groups in total. The van der Waals surface area contributed by atoms with Crippen LogP contribution in [0.2, 0.25) is 0 Å². The lowest BCUT2D eigenvalue weighted by Gasteiger charge is -2.23. The third-order valence-corrected chi connectivity index (χ3v) is 3.14. The van der Waals surface area contributed by atoms with Crippen molar-refractivity contribution in [2.45, 2.75) is 12.8 Å². The Balaban J connectivity index is 2.14. The Kier molecular flexibility index (Phi) is 4.20. The molecular weight excluding hydrogens is 226 g/mol. The van der Waals surface area contributed by atoms with Gasteiger partial charge in [0.15, 0.2) is 0 Å². The lowest BCUT2D eigenvalue weighted by atomic mass is 10.2. The lowest BCUT2D eigenvalue weighted by molar-refractivity contribution is -0.118. The fourth-order valence-electron chi connectivity index (χ4n) is 2.15. The molecule has 0 saturated heterocycles. The van der Waals surface area contributed by atoms with E-state index in [4.69, 9.17) is 0 Å². The fraction of sp³-hybridized carbons (Fsp3) is 0.500. The van der Waals surface area contributed by atoms with Crippen LogP contribution in [0.25, 0.3) is 0 Å². The molecule has 18 heavy (non-hydrogen) atoms. The van der Waals surface area contributed by atoms with Crippen molar-refractivity contribution in [2.24, 2.45) is 0 Å². The van der Waals surface area contributed by atoms with E-state index >= 15 is 0 Å². The van der Waals surface area contributed by atoms with Gasteiger partial charge in [0.05, 0.1) is 11.4 Å². The summed E-state index contributed by atoms with van der Waals surface area (Å²) in [5.74, 6) is 0.208. The van der Waals surface area contributed by atoms with E-state index in [0.717, 1.165) is 37.4 Å². The Morgan fingerprint density at radius 3 is 2.94 bits per heavy atom. The van der Waals surface area contributed by atoms with Gasteiger partial charge >= 0.3 is 0 Å². The monoisotopic (exact) mass is 247 g/mol. The molecule has 1 aliphatic heterocycles. The summed E-state index contributed by atoms with van der Waals surface area (Å²) in [6.07, 6.45) is 1.56. The van der Waals surface area contributed by atoms with E-state index in [1.807, 2.05) is 48.2 Å². The van der Waals surface area contributed by atoms with Crippen molar-refractivity contribution < 1.29 is 4.79 Å². The number of hydrogen-bond donors (Lipinski definition) is 1. The first-order valence-corrected chi connectivity index (χ1v) is 6.46. The van der Waals surface area contributed by atoms with Crippen LogP contribution in [0, 0.1) is 0 Å². The molecule has 98 valence electrons. The van der Waals surface area contributed by atoms with Crippen molar-refractivity contribution in [3.63, 3.8) is 0 Å². The Hall–Kier alpha value is -1.55. The molecule has 1 aromatic carbocycles. The van der Waals surface area contributed by atoms with E-state index in [1.54, 1.807) is 0 Å². The SMILES string of the molecule is CN(C)CCC(=O)N1CCCNc2ccccc21. The van der Waals surface area contributed by atoms with Crippen LogP contribution >= 0.6 is 0 Å². The molecule has 1 aliphatic rings. The molecule has 0 atom stereocenters. The van der Waals surface area contributed by atoms with Crippen LogP contribution in [-0.2, 0) is 4.79 Å². The van der Waals surface area contributed by atoms with Crippen LogP contribution in [0.5, 0.6) is 0 Å². The summed E-state index contributed by atoms with van der Waals surface area (Å²) in [6.45, 7) is 2.52. The van der Waals surface area contributed by atoms with E-state index < -0.39 is 0 Å². The molecule has 4 nitrogen and oxygen atoms in total. The van der Waals surface area contributed by atoms with Gasteiger partial charge in [-0.1, -0.05) is 12.1 Å². The molecule has 0 aromatic heterocycles. The molecule has 0 bridgehead atoms. The highest BCUT2D eigenvalue weighted by molar-refractivity contribution is 5.97. The van der Waals surface area contributed by atoms with Crippen molar-refractivity contribution in [3.05, 3.63) is 24.3 Å². The highest BCUT2D eigenvalue weighted by atomic mass is 16.2. The predicted molar refractivity (Wildman–Crippen MR) is 75.1 cm³/mol. The van der Waals surface area contributed by atoms with Crippen LogP contribution in [0.1, 0.15) is 12.8 Å². The number of carbonyl (C=O) groups excluding carboxylic acids is 1. The zero-order valence-corrected chi connectivity index (χ0v) is 11.1. The summed E-state index contributed by atoms with van der Waals surface area (Å²) >= 11 is 0. The normalized spacial score (nSPS) is 14.9. The summed E-state index contributed by atoms with van der Waals surface area (Å²) in [4.78, 5) is 16.2. The van der Waals surface area contributed by atoms with Gasteiger partial charge in [-0.2, -0.15) is 0 Å². The lowest BCUT2D eigenvalue weighted by Crippen LogP contribution is -2.33. The van der Waals surface area contributed by atoms with Gasteiger partial charge in [0.2, 0.25) is 5.91 Å². The summed E-state index contributed by atoms with van der Waals surface area (Å²) in [6, 6.07) is 8.03. The fourth-order valence-corrected chi connectivity index (χ4v) is 2.15. The molecule has 0 unspecified atom stereocenters. The first-order chi connectivity index (χ1) is 8.68. The van der Waals surface area contributed by atoms with Crippen molar-refractivity contribution in [2.75, 3.05) is 43.9 Å². The van der Waals surface area contributed by atoms with Gasteiger partial charge < -0.3 is 15.1 Å². The molecular formula is C14H21N3O. The summed E-state index contributed by atoms with van der Waals surface area (Å²) in [7, 11) is 3.98. The quantitative estimate of drug-likeness (QED) is 0.884. The Morgan fingerprint density at radius 1 is 1.39 bits per heavy atom. The second kappa shape index (κ2) is 5.87. The van der Waals surface area contributed by atoms with Gasteiger partial charge in [-0.15, -0.1) is 0 Å². The van der Waals surface area contributed by atoms with E-state index in [2.05, 4.69) is 5.32 Å². The smallest absolute Gasteiger partial charge is 0.228 e. The summed E-state index contributed by atoms with van der Waals surface area (Å²) in [5, 5.41) is 3.37. The molecule has 0 spiro atoms. The minimum absolute atomic E-state index is 0.208. The molecule has 0 radical (unpaired) electrons. The number of rotatable bonds is 3. The summed E-state index contributed by atoms with van der Waals surface area (Å²) < 4.78 is 0. The predicted octanol–water partition coefficient (Wildman–Crippen LogP) is 1.79. The maximum Gasteiger partial charge on any atom is 0.228 e. The average molecular weight is 247 g/mol. The van der Waals surface area contributed by atoms with Crippen LogP contribution in [0.3, 0.4) is 0 Å². The van der Waals surface area contributed by atoms with Crippen molar-refractivity contribution >= 4 is 17.3 Å². The van der Waals surface area contributed by atoms with E-state index in [-0.39, 0.29) is 5.91 Å². The molecule has 0 fully saturated rings. The number of nitrogens with zero attached hydrogens (tertiary/aromatic N) is 2. The molecule has 1 heterocycles. The number of benzene rings is 1. The Labute approximate surface area is 109 Å². The van der Waals surface area contributed by atoms with E-state index in [9.17, 15) is 4.79 Å². The zero-order chi connectivity index (χ0) is 13.0. The second-order valence-corrected chi connectivity index (χ2v) is 4.90. The molecule has 0 aliphatic carbocycles. The first kappa shape index (κ1) is 12.9. The van der Waals surface area contributed by atoms with Crippen LogP contribution in [-0.4, -0.2) is 44.5 Å². The van der Waals surface area contributed by atoms with Crippen LogP contribution in [0.15, 0.2) is 24.3 Å². The molecule has 1 aromatic rings. The molecule has 2 rings (SSSR count). The Bertz CT molecular complexity index is 417. The third kappa shape index (κ3) is 3.01. The average Bonchev–Trinajstić information content (AvgIpc) is 2.58. The Morgan fingerprint density at radius 2 is 2.17 bits per heavy atom. The maximum atomic E-state index is 12.3. The van der Waals surface area contributed by atoms with E-state index in [1.165, 1.54) is 0 Å². The standard InChI is InChI=1S/C14H21N3O/c1-16(2)11-8-14(18)17-10-5-9-15-12-6-3-4-7-13(12)17/h3-4,6-7,15H,5,8-11H2,1-2H3. The highest BCUT2D eigenvalue weighted by Crippen LogP contribution is 2.28. The van der Waals surface area contributed by atoms with Gasteiger partial charge in [-0.25, -0.2) is 0 Å². The first-order valence-electron chi connectivity index (χ1n) is 6.46. The van der Waals surface area contributed by atoms with E-state index in [0.29, 0.717) is 6.42 Å². The molecule has 0 saturated carbocycles. The molecule has 4 heteroatoms. The van der Waals surface area contributed by atoms with Gasteiger partial charge in [0.1, 0.15) is 0 Å². The van der Waals surface area contributed by atoms with Crippen molar-refractivity contribution in [1.29, 1.82) is 0 Å². The number of para-hydroxylation sites is 2. The van der Waals surface area contributed by atoms with Crippen LogP contribution < -0.4 is 10.2 Å².